The van der Waals surface area contributed by atoms with Crippen LogP contribution in [-0.2, 0) is 0 Å². The number of hydrogen-bond acceptors (Lipinski definition) is 2. The van der Waals surface area contributed by atoms with Crippen molar-refractivity contribution in [3.63, 3.8) is 0 Å². The van der Waals surface area contributed by atoms with Gasteiger partial charge >= 0.3 is 0 Å². The van der Waals surface area contributed by atoms with Crippen LogP contribution in [0.1, 0.15) is 39.5 Å². The van der Waals surface area contributed by atoms with Gasteiger partial charge in [-0.15, -0.1) is 0 Å². The van der Waals surface area contributed by atoms with Crippen molar-refractivity contribution in [3.05, 3.63) is 36.5 Å². The predicted octanol–water partition coefficient (Wildman–Crippen LogP) is 4.86. The minimum absolute atomic E-state index is 0.601. The number of hydrogen-bond donors (Lipinski definition) is 1. The molecule has 1 saturated carbocycles. The monoisotopic (exact) mass is 268 g/mol. The molecular formula is C18H24N2. The Morgan fingerprint density at radius 3 is 2.85 bits per heavy atom. The van der Waals surface area contributed by atoms with Gasteiger partial charge in [0.25, 0.3) is 0 Å². The lowest BCUT2D eigenvalue weighted by Crippen LogP contribution is -2.29. The van der Waals surface area contributed by atoms with Gasteiger partial charge in [0.2, 0.25) is 0 Å². The van der Waals surface area contributed by atoms with E-state index in [0.717, 1.165) is 17.4 Å². The van der Waals surface area contributed by atoms with Crippen molar-refractivity contribution >= 4 is 16.6 Å². The van der Waals surface area contributed by atoms with Crippen molar-refractivity contribution in [3.8, 4) is 0 Å². The van der Waals surface area contributed by atoms with E-state index in [1.165, 1.54) is 36.8 Å². The Bertz CT molecular complexity index is 571. The molecule has 2 unspecified atom stereocenters. The molecule has 2 atom stereocenters. The molecule has 2 aromatic rings. The molecule has 2 nitrogen and oxygen atoms in total. The summed E-state index contributed by atoms with van der Waals surface area (Å²) < 4.78 is 0. The van der Waals surface area contributed by atoms with Crippen LogP contribution in [0.3, 0.4) is 0 Å². The predicted molar refractivity (Wildman–Crippen MR) is 85.9 cm³/mol. The average Bonchev–Trinajstić information content (AvgIpc) is 2.48. The number of anilines is 1. The van der Waals surface area contributed by atoms with Crippen LogP contribution in [0.15, 0.2) is 36.5 Å². The maximum Gasteiger partial charge on any atom is 0.0933 e. The Morgan fingerprint density at radius 2 is 2.00 bits per heavy atom. The molecule has 0 saturated heterocycles. The minimum atomic E-state index is 0.601. The van der Waals surface area contributed by atoms with Crippen molar-refractivity contribution in [2.45, 2.75) is 45.6 Å². The number of nitrogens with zero attached hydrogens (tertiary/aromatic N) is 1. The summed E-state index contributed by atoms with van der Waals surface area (Å²) in [6.07, 6.45) is 7.20. The van der Waals surface area contributed by atoms with Crippen LogP contribution in [0.4, 0.5) is 5.69 Å². The van der Waals surface area contributed by atoms with Crippen molar-refractivity contribution in [2.75, 3.05) is 5.32 Å². The van der Waals surface area contributed by atoms with Crippen molar-refractivity contribution in [2.24, 2.45) is 11.8 Å². The van der Waals surface area contributed by atoms with Crippen molar-refractivity contribution in [1.29, 1.82) is 0 Å². The Morgan fingerprint density at radius 1 is 1.15 bits per heavy atom. The molecule has 1 fully saturated rings. The quantitative estimate of drug-likeness (QED) is 0.859. The molecule has 1 aromatic carbocycles. The summed E-state index contributed by atoms with van der Waals surface area (Å²) >= 11 is 0. The smallest absolute Gasteiger partial charge is 0.0933 e. The lowest BCUT2D eigenvalue weighted by Gasteiger charge is -2.32. The lowest BCUT2D eigenvalue weighted by molar-refractivity contribution is 0.264. The number of rotatable bonds is 3. The van der Waals surface area contributed by atoms with E-state index in [9.17, 15) is 0 Å². The summed E-state index contributed by atoms with van der Waals surface area (Å²) in [4.78, 5) is 4.54. The normalized spacial score (nSPS) is 23.1. The zero-order chi connectivity index (χ0) is 13.9. The topological polar surface area (TPSA) is 24.9 Å². The van der Waals surface area contributed by atoms with Crippen LogP contribution in [0.2, 0.25) is 0 Å². The second-order valence-electron chi connectivity index (χ2n) is 6.39. The molecule has 2 heteroatoms. The SMILES string of the molecule is CC(C)C1CCCC(Nc2cccc3cccnc23)C1. The number of para-hydroxylation sites is 1. The molecule has 1 heterocycles. The van der Waals surface area contributed by atoms with Crippen molar-refractivity contribution < 1.29 is 0 Å². The maximum atomic E-state index is 4.54. The fraction of sp³-hybridized carbons (Fsp3) is 0.500. The standard InChI is InChI=1S/C18H24N2/c1-13(2)15-7-3-9-16(12-15)20-17-10-4-6-14-8-5-11-19-18(14)17/h4-6,8,10-11,13,15-16,20H,3,7,9,12H2,1-2H3. The van der Waals surface area contributed by atoms with Crippen LogP contribution in [-0.4, -0.2) is 11.0 Å². The third kappa shape index (κ3) is 2.79. The summed E-state index contributed by atoms with van der Waals surface area (Å²) in [5, 5.41) is 4.96. The molecule has 1 aliphatic carbocycles. The first-order valence-electron chi connectivity index (χ1n) is 7.84. The number of benzene rings is 1. The minimum Gasteiger partial charge on any atom is -0.381 e. The van der Waals surface area contributed by atoms with E-state index in [0.29, 0.717) is 6.04 Å². The zero-order valence-electron chi connectivity index (χ0n) is 12.5. The lowest BCUT2D eigenvalue weighted by atomic mass is 9.79. The number of pyridine rings is 1. The molecule has 0 radical (unpaired) electrons. The molecule has 3 rings (SSSR count). The average molecular weight is 268 g/mol. The molecule has 20 heavy (non-hydrogen) atoms. The van der Waals surface area contributed by atoms with Gasteiger partial charge in [-0.05, 0) is 36.8 Å². The first kappa shape index (κ1) is 13.4. The molecule has 1 aromatic heterocycles. The van der Waals surface area contributed by atoms with E-state index in [4.69, 9.17) is 0 Å². The van der Waals surface area contributed by atoms with Gasteiger partial charge in [0.15, 0.2) is 0 Å². The van der Waals surface area contributed by atoms with Crippen LogP contribution in [0, 0.1) is 11.8 Å². The van der Waals surface area contributed by atoms with Gasteiger partial charge in [-0.2, -0.15) is 0 Å². The fourth-order valence-corrected chi connectivity index (χ4v) is 3.40. The largest absolute Gasteiger partial charge is 0.381 e. The first-order chi connectivity index (χ1) is 9.74. The van der Waals surface area contributed by atoms with E-state index in [1.807, 2.05) is 12.3 Å². The number of aromatic nitrogens is 1. The van der Waals surface area contributed by atoms with E-state index >= 15 is 0 Å². The van der Waals surface area contributed by atoms with Crippen LogP contribution in [0.5, 0.6) is 0 Å². The highest BCUT2D eigenvalue weighted by Crippen LogP contribution is 2.32. The highest BCUT2D eigenvalue weighted by atomic mass is 14.9. The Labute approximate surface area is 121 Å². The summed E-state index contributed by atoms with van der Waals surface area (Å²) in [7, 11) is 0. The molecule has 0 amide bonds. The summed E-state index contributed by atoms with van der Waals surface area (Å²) in [5.74, 6) is 1.66. The molecule has 0 spiro atoms. The third-order valence-electron chi connectivity index (χ3n) is 4.65. The van der Waals surface area contributed by atoms with Gasteiger partial charge in [0.1, 0.15) is 0 Å². The molecular weight excluding hydrogens is 244 g/mol. The highest BCUT2D eigenvalue weighted by Gasteiger charge is 2.24. The number of fused-ring (bicyclic) bond motifs is 1. The van der Waals surface area contributed by atoms with Gasteiger partial charge < -0.3 is 5.32 Å². The Balaban J connectivity index is 1.79. The zero-order valence-corrected chi connectivity index (χ0v) is 12.5. The Hall–Kier alpha value is -1.57. The van der Waals surface area contributed by atoms with Gasteiger partial charge in [0.05, 0.1) is 11.2 Å². The second-order valence-corrected chi connectivity index (χ2v) is 6.39. The van der Waals surface area contributed by atoms with Crippen LogP contribution < -0.4 is 5.32 Å². The van der Waals surface area contributed by atoms with Crippen LogP contribution >= 0.6 is 0 Å². The molecule has 0 bridgehead atoms. The van der Waals surface area contributed by atoms with Gasteiger partial charge in [-0.1, -0.05) is 44.9 Å². The van der Waals surface area contributed by atoms with E-state index in [-0.39, 0.29) is 0 Å². The second kappa shape index (κ2) is 5.82. The first-order valence-corrected chi connectivity index (χ1v) is 7.84. The van der Waals surface area contributed by atoms with Gasteiger partial charge in [-0.3, -0.25) is 4.98 Å². The maximum absolute atomic E-state index is 4.54. The molecule has 1 aliphatic rings. The molecule has 0 aliphatic heterocycles. The van der Waals surface area contributed by atoms with E-state index in [1.54, 1.807) is 0 Å². The summed E-state index contributed by atoms with van der Waals surface area (Å²) in [5.41, 5.74) is 2.29. The fourth-order valence-electron chi connectivity index (χ4n) is 3.40. The van der Waals surface area contributed by atoms with E-state index in [2.05, 4.69) is 48.4 Å². The molecule has 1 N–H and O–H groups in total. The summed E-state index contributed by atoms with van der Waals surface area (Å²) in [6, 6.07) is 11.1. The number of nitrogens with one attached hydrogen (secondary N) is 1. The van der Waals surface area contributed by atoms with Gasteiger partial charge in [0, 0.05) is 17.6 Å². The van der Waals surface area contributed by atoms with Gasteiger partial charge in [-0.25, -0.2) is 0 Å². The molecule has 106 valence electrons. The summed E-state index contributed by atoms with van der Waals surface area (Å²) in [6.45, 7) is 4.71. The van der Waals surface area contributed by atoms with E-state index < -0.39 is 0 Å². The van der Waals surface area contributed by atoms with Crippen LogP contribution in [0.25, 0.3) is 10.9 Å². The van der Waals surface area contributed by atoms with Crippen molar-refractivity contribution in [1.82, 2.24) is 4.98 Å². The Kier molecular flexibility index (Phi) is 3.90. The highest BCUT2D eigenvalue weighted by molar-refractivity contribution is 5.90. The third-order valence-corrected chi connectivity index (χ3v) is 4.65.